The van der Waals surface area contributed by atoms with Crippen molar-refractivity contribution in [1.82, 2.24) is 0 Å². The van der Waals surface area contributed by atoms with Gasteiger partial charge in [-0.2, -0.15) is 0 Å². The zero-order chi connectivity index (χ0) is 10.1. The van der Waals surface area contributed by atoms with E-state index in [1.807, 2.05) is 11.4 Å². The van der Waals surface area contributed by atoms with Crippen LogP contribution in [0.5, 0.6) is 5.75 Å². The normalized spacial score (nSPS) is 10.7. The number of aliphatic hydroxyl groups excluding tert-OH is 1. The summed E-state index contributed by atoms with van der Waals surface area (Å²) in [6, 6.07) is 3.70. The number of hydrogen-bond acceptors (Lipinski definition) is 4. The van der Waals surface area contributed by atoms with Gasteiger partial charge in [0.2, 0.25) is 0 Å². The minimum absolute atomic E-state index is 0.0142. The summed E-state index contributed by atoms with van der Waals surface area (Å²) >= 11 is 1.57. The van der Waals surface area contributed by atoms with Crippen LogP contribution in [0.15, 0.2) is 17.5 Å². The largest absolute Gasteiger partial charge is 0.495 e. The smallest absolute Gasteiger partial charge is 0.139 e. The first kappa shape index (κ1) is 9.30. The monoisotopic (exact) mass is 209 g/mol. The molecular formula is C10H11NO2S. The Hall–Kier alpha value is -1.26. The summed E-state index contributed by atoms with van der Waals surface area (Å²) in [5.74, 6) is 0.798. The highest BCUT2D eigenvalue weighted by molar-refractivity contribution is 7.17. The van der Waals surface area contributed by atoms with Crippen LogP contribution < -0.4 is 10.5 Å². The lowest BCUT2D eigenvalue weighted by Crippen LogP contribution is -1.91. The predicted octanol–water partition coefficient (Wildman–Crippen LogP) is 1.98. The molecule has 0 aliphatic carbocycles. The summed E-state index contributed by atoms with van der Waals surface area (Å²) in [6.45, 7) is 0.0142. The molecule has 2 rings (SSSR count). The molecule has 0 unspecified atom stereocenters. The molecule has 0 saturated heterocycles. The number of anilines is 1. The number of ether oxygens (including phenoxy) is 1. The molecule has 1 aromatic carbocycles. The Balaban J connectivity index is 2.72. The van der Waals surface area contributed by atoms with E-state index < -0.39 is 0 Å². The van der Waals surface area contributed by atoms with Crippen molar-refractivity contribution in [3.8, 4) is 5.75 Å². The van der Waals surface area contributed by atoms with Crippen LogP contribution in [0.1, 0.15) is 5.56 Å². The quantitative estimate of drug-likeness (QED) is 0.744. The molecule has 0 radical (unpaired) electrons. The third kappa shape index (κ3) is 1.32. The second-order valence-electron chi connectivity index (χ2n) is 3.02. The van der Waals surface area contributed by atoms with Gasteiger partial charge in [0.25, 0.3) is 0 Å². The summed E-state index contributed by atoms with van der Waals surface area (Å²) in [5, 5.41) is 11.9. The average Bonchev–Trinajstić information content (AvgIpc) is 2.61. The first-order valence-electron chi connectivity index (χ1n) is 4.20. The van der Waals surface area contributed by atoms with Gasteiger partial charge in [0.05, 0.1) is 19.1 Å². The van der Waals surface area contributed by atoms with Gasteiger partial charge in [0, 0.05) is 15.8 Å². The standard InChI is InChI=1S/C10H11NO2S/c1-13-8-5-14-9-3-6(4-12)2-7(11)10(8)9/h2-3,5,12H,4,11H2,1H3. The van der Waals surface area contributed by atoms with Crippen molar-refractivity contribution < 1.29 is 9.84 Å². The number of benzene rings is 1. The summed E-state index contributed by atoms with van der Waals surface area (Å²) in [5.41, 5.74) is 7.36. The van der Waals surface area contributed by atoms with E-state index in [2.05, 4.69) is 0 Å². The van der Waals surface area contributed by atoms with Crippen LogP contribution in [0, 0.1) is 0 Å². The number of hydrogen-bond donors (Lipinski definition) is 2. The van der Waals surface area contributed by atoms with E-state index in [-0.39, 0.29) is 6.61 Å². The number of rotatable bonds is 2. The molecule has 74 valence electrons. The van der Waals surface area contributed by atoms with Crippen molar-refractivity contribution in [3.05, 3.63) is 23.1 Å². The van der Waals surface area contributed by atoms with E-state index in [1.165, 1.54) is 0 Å². The minimum atomic E-state index is 0.0142. The Morgan fingerprint density at radius 3 is 2.93 bits per heavy atom. The fourth-order valence-corrected chi connectivity index (χ4v) is 2.47. The van der Waals surface area contributed by atoms with Gasteiger partial charge in [0.15, 0.2) is 0 Å². The third-order valence-corrected chi connectivity index (χ3v) is 3.04. The van der Waals surface area contributed by atoms with Crippen LogP contribution in [0.3, 0.4) is 0 Å². The first-order chi connectivity index (χ1) is 6.76. The molecule has 0 amide bonds. The molecule has 3 N–H and O–H groups in total. The molecule has 1 heterocycles. The van der Waals surface area contributed by atoms with Crippen LogP contribution in [0.2, 0.25) is 0 Å². The third-order valence-electron chi connectivity index (χ3n) is 2.13. The number of fused-ring (bicyclic) bond motifs is 1. The van der Waals surface area contributed by atoms with Gasteiger partial charge in [-0.15, -0.1) is 11.3 Å². The van der Waals surface area contributed by atoms with Gasteiger partial charge in [0.1, 0.15) is 5.75 Å². The lowest BCUT2D eigenvalue weighted by Gasteiger charge is -2.03. The molecule has 1 aromatic heterocycles. The Morgan fingerprint density at radius 1 is 1.50 bits per heavy atom. The second-order valence-corrected chi connectivity index (χ2v) is 3.93. The molecular weight excluding hydrogens is 198 g/mol. The van der Waals surface area contributed by atoms with Crippen LogP contribution >= 0.6 is 11.3 Å². The van der Waals surface area contributed by atoms with Gasteiger partial charge in [-0.3, -0.25) is 0 Å². The van der Waals surface area contributed by atoms with Crippen molar-refractivity contribution in [2.75, 3.05) is 12.8 Å². The van der Waals surface area contributed by atoms with Crippen molar-refractivity contribution in [1.29, 1.82) is 0 Å². The van der Waals surface area contributed by atoms with E-state index in [4.69, 9.17) is 15.6 Å². The summed E-state index contributed by atoms with van der Waals surface area (Å²) in [4.78, 5) is 0. The molecule has 3 nitrogen and oxygen atoms in total. The molecule has 0 spiro atoms. The van der Waals surface area contributed by atoms with E-state index in [9.17, 15) is 0 Å². The molecule has 0 fully saturated rings. The van der Waals surface area contributed by atoms with E-state index in [1.54, 1.807) is 24.5 Å². The highest BCUT2D eigenvalue weighted by atomic mass is 32.1. The number of nitrogens with two attached hydrogens (primary N) is 1. The van der Waals surface area contributed by atoms with Crippen molar-refractivity contribution in [3.63, 3.8) is 0 Å². The second kappa shape index (κ2) is 3.48. The van der Waals surface area contributed by atoms with Gasteiger partial charge in [-0.05, 0) is 17.7 Å². The van der Waals surface area contributed by atoms with Gasteiger partial charge < -0.3 is 15.6 Å². The summed E-state index contributed by atoms with van der Waals surface area (Å²) in [6.07, 6.45) is 0. The highest BCUT2D eigenvalue weighted by Gasteiger charge is 2.08. The zero-order valence-corrected chi connectivity index (χ0v) is 8.60. The minimum Gasteiger partial charge on any atom is -0.495 e. The van der Waals surface area contributed by atoms with Gasteiger partial charge in [-0.1, -0.05) is 0 Å². The maximum atomic E-state index is 9.00. The maximum absolute atomic E-state index is 9.00. The summed E-state index contributed by atoms with van der Waals surface area (Å²) < 4.78 is 6.24. The number of nitrogen functional groups attached to an aromatic ring is 1. The zero-order valence-electron chi connectivity index (χ0n) is 7.78. The topological polar surface area (TPSA) is 55.5 Å². The van der Waals surface area contributed by atoms with Crippen LogP contribution in [-0.4, -0.2) is 12.2 Å². The molecule has 0 bridgehead atoms. The number of methoxy groups -OCH3 is 1. The fraction of sp³-hybridized carbons (Fsp3) is 0.200. The maximum Gasteiger partial charge on any atom is 0.139 e. The Morgan fingerprint density at radius 2 is 2.29 bits per heavy atom. The molecule has 0 aliphatic heterocycles. The van der Waals surface area contributed by atoms with Crippen molar-refractivity contribution in [2.45, 2.75) is 6.61 Å². The Labute approximate surface area is 85.7 Å². The van der Waals surface area contributed by atoms with Crippen molar-refractivity contribution in [2.24, 2.45) is 0 Å². The first-order valence-corrected chi connectivity index (χ1v) is 5.08. The SMILES string of the molecule is COc1csc2cc(CO)cc(N)c12. The lowest BCUT2D eigenvalue weighted by atomic mass is 10.1. The Kier molecular flexibility index (Phi) is 2.31. The predicted molar refractivity (Wildman–Crippen MR) is 58.7 cm³/mol. The average molecular weight is 209 g/mol. The van der Waals surface area contributed by atoms with Crippen LogP contribution in [0.4, 0.5) is 5.69 Å². The van der Waals surface area contributed by atoms with Gasteiger partial charge >= 0.3 is 0 Å². The number of thiophene rings is 1. The lowest BCUT2D eigenvalue weighted by molar-refractivity contribution is 0.282. The molecule has 4 heteroatoms. The molecule has 2 aromatic rings. The van der Waals surface area contributed by atoms with E-state index >= 15 is 0 Å². The summed E-state index contributed by atoms with van der Waals surface area (Å²) in [7, 11) is 1.63. The highest BCUT2D eigenvalue weighted by Crippen LogP contribution is 2.36. The Bertz CT molecular complexity index is 464. The molecule has 0 saturated carbocycles. The van der Waals surface area contributed by atoms with Gasteiger partial charge in [-0.25, -0.2) is 0 Å². The van der Waals surface area contributed by atoms with E-state index in [0.29, 0.717) is 5.69 Å². The fourth-order valence-electron chi connectivity index (χ4n) is 1.47. The van der Waals surface area contributed by atoms with Crippen LogP contribution in [-0.2, 0) is 6.61 Å². The van der Waals surface area contributed by atoms with Crippen molar-refractivity contribution >= 4 is 27.1 Å². The molecule has 0 atom stereocenters. The molecule has 0 aliphatic rings. The van der Waals surface area contributed by atoms with E-state index in [0.717, 1.165) is 21.4 Å². The van der Waals surface area contributed by atoms with Crippen LogP contribution in [0.25, 0.3) is 10.1 Å². The molecule has 14 heavy (non-hydrogen) atoms. The number of aliphatic hydroxyl groups is 1.